The molecule has 1 aliphatic heterocycles. The predicted molar refractivity (Wildman–Crippen MR) is 45.2 cm³/mol. The molecule has 0 radical (unpaired) electrons. The lowest BCUT2D eigenvalue weighted by atomic mass is 10.2. The summed E-state index contributed by atoms with van der Waals surface area (Å²) in [4.78, 5) is 2.27. The van der Waals surface area contributed by atoms with Crippen molar-refractivity contribution in [3.05, 3.63) is 0 Å². The minimum absolute atomic E-state index is 0.258. The molecule has 0 spiro atoms. The van der Waals surface area contributed by atoms with Gasteiger partial charge in [-0.1, -0.05) is 6.92 Å². The first-order valence-electron chi connectivity index (χ1n) is 4.25. The number of epoxide rings is 1. The zero-order valence-corrected chi connectivity index (χ0v) is 7.79. The molecule has 3 nitrogen and oxygen atoms in total. The highest BCUT2D eigenvalue weighted by molar-refractivity contribution is 4.82. The van der Waals surface area contributed by atoms with Crippen molar-refractivity contribution >= 4 is 0 Å². The second-order valence-corrected chi connectivity index (χ2v) is 3.16. The van der Waals surface area contributed by atoms with E-state index in [1.165, 1.54) is 6.42 Å². The van der Waals surface area contributed by atoms with E-state index in [9.17, 15) is 0 Å². The van der Waals surface area contributed by atoms with Crippen LogP contribution in [0.1, 0.15) is 20.3 Å². The summed E-state index contributed by atoms with van der Waals surface area (Å²) < 4.78 is 5.37. The summed E-state index contributed by atoms with van der Waals surface area (Å²) in [5.41, 5.74) is 0. The number of likely N-dealkylation sites (N-methyl/N-ethyl adjacent to an activating group) is 2. The van der Waals surface area contributed by atoms with Crippen LogP contribution in [-0.2, 0) is 4.74 Å². The van der Waals surface area contributed by atoms with Crippen LogP contribution in [0.5, 0.6) is 0 Å². The highest BCUT2D eigenvalue weighted by Crippen LogP contribution is 2.24. The lowest BCUT2D eigenvalue weighted by Gasteiger charge is -2.20. The van der Waals surface area contributed by atoms with Gasteiger partial charge in [0, 0.05) is 6.04 Å². The summed E-state index contributed by atoms with van der Waals surface area (Å²) in [6.07, 6.45) is 1.73. The topological polar surface area (TPSA) is 27.8 Å². The highest BCUT2D eigenvalue weighted by atomic mass is 16.6. The van der Waals surface area contributed by atoms with Gasteiger partial charge in [0.25, 0.3) is 0 Å². The number of nitrogens with zero attached hydrogens (tertiary/aromatic N) is 1. The van der Waals surface area contributed by atoms with Gasteiger partial charge >= 0.3 is 0 Å². The van der Waals surface area contributed by atoms with E-state index in [1.54, 1.807) is 0 Å². The number of ether oxygens (including phenoxy) is 1. The molecule has 0 aliphatic carbocycles. The number of rotatable bonds is 4. The molecule has 66 valence electrons. The molecule has 11 heavy (non-hydrogen) atoms. The fraction of sp³-hybridized carbons (Fsp3) is 1.00. The van der Waals surface area contributed by atoms with E-state index in [-0.39, 0.29) is 6.23 Å². The number of nitrogens with one attached hydrogen (secondary N) is 1. The standard InChI is InChI=1S/C8H18N2O/c1-5-6(2)10(4)8-7(9-3)11-8/h6-9H,5H2,1-4H3. The van der Waals surface area contributed by atoms with Crippen molar-refractivity contribution in [3.63, 3.8) is 0 Å². The maximum atomic E-state index is 5.37. The quantitative estimate of drug-likeness (QED) is 0.608. The van der Waals surface area contributed by atoms with E-state index in [0.29, 0.717) is 12.3 Å². The summed E-state index contributed by atoms with van der Waals surface area (Å²) in [6.45, 7) is 4.41. The van der Waals surface area contributed by atoms with E-state index >= 15 is 0 Å². The molecule has 0 bridgehead atoms. The first kappa shape index (κ1) is 8.97. The first-order chi connectivity index (χ1) is 5.20. The van der Waals surface area contributed by atoms with Crippen LogP contribution >= 0.6 is 0 Å². The van der Waals surface area contributed by atoms with Gasteiger partial charge in [-0.3, -0.25) is 10.2 Å². The van der Waals surface area contributed by atoms with Crippen molar-refractivity contribution in [2.24, 2.45) is 0 Å². The first-order valence-corrected chi connectivity index (χ1v) is 4.25. The number of hydrogen-bond donors (Lipinski definition) is 1. The Morgan fingerprint density at radius 3 is 2.64 bits per heavy atom. The molecule has 1 rings (SSSR count). The molecule has 3 unspecified atom stereocenters. The maximum Gasteiger partial charge on any atom is 0.152 e. The molecule has 0 amide bonds. The van der Waals surface area contributed by atoms with Crippen LogP contribution in [0.4, 0.5) is 0 Å². The van der Waals surface area contributed by atoms with E-state index in [0.717, 1.165) is 0 Å². The summed E-state index contributed by atoms with van der Waals surface area (Å²) >= 11 is 0. The average Bonchev–Trinajstić information content (AvgIpc) is 2.80. The van der Waals surface area contributed by atoms with Crippen molar-refractivity contribution < 1.29 is 4.74 Å². The molecule has 3 heteroatoms. The van der Waals surface area contributed by atoms with Crippen molar-refractivity contribution in [1.82, 2.24) is 10.2 Å². The Hall–Kier alpha value is -0.120. The van der Waals surface area contributed by atoms with E-state index in [4.69, 9.17) is 4.74 Å². The molecule has 0 aromatic rings. The van der Waals surface area contributed by atoms with Gasteiger partial charge in [-0.2, -0.15) is 0 Å². The van der Waals surface area contributed by atoms with Gasteiger partial charge in [0.1, 0.15) is 0 Å². The molecular formula is C8H18N2O. The summed E-state index contributed by atoms with van der Waals surface area (Å²) in [7, 11) is 4.03. The van der Waals surface area contributed by atoms with Crippen LogP contribution in [0, 0.1) is 0 Å². The normalized spacial score (nSPS) is 32.5. The molecule has 3 atom stereocenters. The molecule has 0 aromatic carbocycles. The fourth-order valence-corrected chi connectivity index (χ4v) is 1.16. The van der Waals surface area contributed by atoms with Gasteiger partial charge in [-0.15, -0.1) is 0 Å². The Morgan fingerprint density at radius 1 is 1.64 bits per heavy atom. The van der Waals surface area contributed by atoms with Gasteiger partial charge in [0.05, 0.1) is 0 Å². The molecular weight excluding hydrogens is 140 g/mol. The minimum atomic E-state index is 0.258. The highest BCUT2D eigenvalue weighted by Gasteiger charge is 2.42. The lowest BCUT2D eigenvalue weighted by Crippen LogP contribution is -2.34. The van der Waals surface area contributed by atoms with Crippen molar-refractivity contribution in [2.75, 3.05) is 14.1 Å². The Labute approximate surface area is 68.7 Å². The van der Waals surface area contributed by atoms with Crippen molar-refractivity contribution in [1.29, 1.82) is 0 Å². The molecule has 1 heterocycles. The lowest BCUT2D eigenvalue weighted by molar-refractivity contribution is 0.162. The third kappa shape index (κ3) is 1.92. The van der Waals surface area contributed by atoms with Crippen molar-refractivity contribution in [2.45, 2.75) is 38.8 Å². The zero-order chi connectivity index (χ0) is 8.43. The molecule has 0 saturated carbocycles. The Bertz CT molecular complexity index is 129. The van der Waals surface area contributed by atoms with Crippen LogP contribution in [0.25, 0.3) is 0 Å². The third-order valence-electron chi connectivity index (χ3n) is 2.44. The Kier molecular flexibility index (Phi) is 2.87. The second kappa shape index (κ2) is 3.52. The summed E-state index contributed by atoms with van der Waals surface area (Å²) in [5.74, 6) is 0. The van der Waals surface area contributed by atoms with E-state index in [1.807, 2.05) is 7.05 Å². The Balaban J connectivity index is 2.26. The van der Waals surface area contributed by atoms with E-state index < -0.39 is 0 Å². The van der Waals surface area contributed by atoms with Gasteiger partial charge in [0.2, 0.25) is 0 Å². The van der Waals surface area contributed by atoms with Gasteiger partial charge in [0.15, 0.2) is 12.5 Å². The smallest absolute Gasteiger partial charge is 0.152 e. The van der Waals surface area contributed by atoms with Crippen molar-refractivity contribution in [3.8, 4) is 0 Å². The SMILES string of the molecule is CCC(C)N(C)C1OC1NC. The molecule has 0 aromatic heterocycles. The largest absolute Gasteiger partial charge is 0.337 e. The predicted octanol–water partition coefficient (Wildman–Crippen LogP) is 0.618. The Morgan fingerprint density at radius 2 is 2.27 bits per heavy atom. The average molecular weight is 158 g/mol. The third-order valence-corrected chi connectivity index (χ3v) is 2.44. The molecule has 1 saturated heterocycles. The minimum Gasteiger partial charge on any atom is -0.337 e. The monoisotopic (exact) mass is 158 g/mol. The molecule has 1 aliphatic rings. The van der Waals surface area contributed by atoms with Gasteiger partial charge < -0.3 is 4.74 Å². The number of hydrogen-bond acceptors (Lipinski definition) is 3. The van der Waals surface area contributed by atoms with Crippen LogP contribution in [0.15, 0.2) is 0 Å². The van der Waals surface area contributed by atoms with Gasteiger partial charge in [-0.25, -0.2) is 0 Å². The zero-order valence-electron chi connectivity index (χ0n) is 7.79. The van der Waals surface area contributed by atoms with Crippen LogP contribution < -0.4 is 5.32 Å². The van der Waals surface area contributed by atoms with Crippen LogP contribution in [0.2, 0.25) is 0 Å². The van der Waals surface area contributed by atoms with Gasteiger partial charge in [-0.05, 0) is 27.4 Å². The van der Waals surface area contributed by atoms with E-state index in [2.05, 4.69) is 31.1 Å². The second-order valence-electron chi connectivity index (χ2n) is 3.16. The molecule has 1 fully saturated rings. The van der Waals surface area contributed by atoms with Crippen LogP contribution in [0.3, 0.4) is 0 Å². The summed E-state index contributed by atoms with van der Waals surface area (Å²) in [6, 6.07) is 0.610. The maximum absolute atomic E-state index is 5.37. The molecule has 1 N–H and O–H groups in total. The fourth-order valence-electron chi connectivity index (χ4n) is 1.16. The summed E-state index contributed by atoms with van der Waals surface area (Å²) in [5, 5.41) is 3.08. The van der Waals surface area contributed by atoms with Crippen LogP contribution in [-0.4, -0.2) is 37.5 Å².